The minimum Gasteiger partial charge on any atom is -0.375 e. The van der Waals surface area contributed by atoms with Gasteiger partial charge in [-0.15, -0.1) is 0 Å². The van der Waals surface area contributed by atoms with Gasteiger partial charge in [0, 0.05) is 12.6 Å². The zero-order valence-electron chi connectivity index (χ0n) is 12.2. The van der Waals surface area contributed by atoms with E-state index >= 15 is 0 Å². The van der Waals surface area contributed by atoms with E-state index in [1.807, 2.05) is 0 Å². The van der Waals surface area contributed by atoms with E-state index in [1.54, 1.807) is 0 Å². The van der Waals surface area contributed by atoms with Gasteiger partial charge < -0.3 is 4.74 Å². The Morgan fingerprint density at radius 1 is 0.947 bits per heavy atom. The van der Waals surface area contributed by atoms with Crippen LogP contribution < -0.4 is 11.3 Å². The molecule has 1 aliphatic heterocycles. The summed E-state index contributed by atoms with van der Waals surface area (Å²) in [5.74, 6) is 7.47. The van der Waals surface area contributed by atoms with Gasteiger partial charge in [-0.2, -0.15) is 0 Å². The Morgan fingerprint density at radius 3 is 2.37 bits per heavy atom. The van der Waals surface area contributed by atoms with Gasteiger partial charge in [0.15, 0.2) is 0 Å². The number of ether oxygens (including phenoxy) is 1. The van der Waals surface area contributed by atoms with Gasteiger partial charge in [-0.25, -0.2) is 0 Å². The van der Waals surface area contributed by atoms with Crippen molar-refractivity contribution in [3.63, 3.8) is 0 Å². The maximum absolute atomic E-state index is 6.17. The number of rotatable bonds is 3. The number of hydrazine groups is 1. The quantitative estimate of drug-likeness (QED) is 0.609. The lowest BCUT2D eigenvalue weighted by Crippen LogP contribution is -2.51. The van der Waals surface area contributed by atoms with Crippen molar-refractivity contribution >= 4 is 0 Å². The van der Waals surface area contributed by atoms with Gasteiger partial charge >= 0.3 is 0 Å². The SMILES string of the molecule is NNC(C1CCCCC1)C1CCOC2(CCCC2)C1. The standard InChI is InChI=1S/C16H30N2O/c17-18-15(13-6-2-1-3-7-13)14-8-11-19-16(12-14)9-4-5-10-16/h13-15,18H,1-12,17H2. The molecular weight excluding hydrogens is 236 g/mol. The molecule has 3 nitrogen and oxygen atoms in total. The van der Waals surface area contributed by atoms with Crippen LogP contribution in [0.3, 0.4) is 0 Å². The molecule has 2 aliphatic carbocycles. The summed E-state index contributed by atoms with van der Waals surface area (Å²) in [6.45, 7) is 0.954. The first-order valence-corrected chi connectivity index (χ1v) is 8.43. The lowest BCUT2D eigenvalue weighted by atomic mass is 9.73. The maximum atomic E-state index is 6.17. The van der Waals surface area contributed by atoms with Crippen molar-refractivity contribution in [1.29, 1.82) is 0 Å². The monoisotopic (exact) mass is 266 g/mol. The normalized spacial score (nSPS) is 33.6. The first kappa shape index (κ1) is 13.8. The summed E-state index contributed by atoms with van der Waals surface area (Å²) in [6, 6.07) is 0.529. The third-order valence-corrected chi connectivity index (χ3v) is 5.90. The molecule has 2 atom stereocenters. The molecule has 110 valence electrons. The van der Waals surface area contributed by atoms with Crippen molar-refractivity contribution in [1.82, 2.24) is 5.43 Å². The Kier molecular flexibility index (Phi) is 4.45. The number of nitrogens with one attached hydrogen (secondary N) is 1. The smallest absolute Gasteiger partial charge is 0.0685 e. The molecule has 3 rings (SSSR count). The third kappa shape index (κ3) is 2.98. The molecule has 19 heavy (non-hydrogen) atoms. The van der Waals surface area contributed by atoms with Gasteiger partial charge in [0.2, 0.25) is 0 Å². The molecule has 3 N–H and O–H groups in total. The van der Waals surface area contributed by atoms with Crippen LogP contribution in [0.1, 0.15) is 70.6 Å². The molecule has 0 amide bonds. The van der Waals surface area contributed by atoms with Crippen molar-refractivity contribution < 1.29 is 4.74 Å². The summed E-state index contributed by atoms with van der Waals surface area (Å²) < 4.78 is 6.17. The minimum atomic E-state index is 0.229. The van der Waals surface area contributed by atoms with Crippen LogP contribution in [-0.4, -0.2) is 18.2 Å². The summed E-state index contributed by atoms with van der Waals surface area (Å²) in [4.78, 5) is 0. The summed E-state index contributed by atoms with van der Waals surface area (Å²) in [5.41, 5.74) is 3.42. The topological polar surface area (TPSA) is 47.3 Å². The zero-order chi connectivity index (χ0) is 13.1. The average Bonchev–Trinajstić information content (AvgIpc) is 2.89. The maximum Gasteiger partial charge on any atom is 0.0685 e. The molecule has 0 radical (unpaired) electrons. The van der Waals surface area contributed by atoms with E-state index in [0.717, 1.165) is 18.4 Å². The molecule has 0 aromatic rings. The second kappa shape index (κ2) is 6.11. The number of hydrogen-bond donors (Lipinski definition) is 2. The van der Waals surface area contributed by atoms with Crippen LogP contribution in [0.15, 0.2) is 0 Å². The molecule has 3 aliphatic rings. The number of nitrogens with two attached hydrogens (primary N) is 1. The van der Waals surface area contributed by atoms with Crippen LogP contribution in [0.4, 0.5) is 0 Å². The van der Waals surface area contributed by atoms with Crippen LogP contribution in [-0.2, 0) is 4.74 Å². The largest absolute Gasteiger partial charge is 0.375 e. The fourth-order valence-electron chi connectivity index (χ4n) is 4.89. The first-order chi connectivity index (χ1) is 9.33. The van der Waals surface area contributed by atoms with E-state index in [-0.39, 0.29) is 5.60 Å². The van der Waals surface area contributed by atoms with Crippen molar-refractivity contribution in [3.8, 4) is 0 Å². The molecule has 2 unspecified atom stereocenters. The molecule has 0 aromatic carbocycles. The second-order valence-electron chi connectivity index (χ2n) is 7.08. The van der Waals surface area contributed by atoms with Gasteiger partial charge in [-0.05, 0) is 50.4 Å². The Bertz CT molecular complexity index is 282. The van der Waals surface area contributed by atoms with E-state index < -0.39 is 0 Å². The minimum absolute atomic E-state index is 0.229. The van der Waals surface area contributed by atoms with Crippen LogP contribution in [0, 0.1) is 11.8 Å². The molecule has 3 heteroatoms. The van der Waals surface area contributed by atoms with Gasteiger partial charge in [0.1, 0.15) is 0 Å². The summed E-state index contributed by atoms with van der Waals surface area (Å²) >= 11 is 0. The van der Waals surface area contributed by atoms with Crippen molar-refractivity contribution in [2.75, 3.05) is 6.61 Å². The van der Waals surface area contributed by atoms with Gasteiger partial charge in [0.05, 0.1) is 5.60 Å². The van der Waals surface area contributed by atoms with Crippen LogP contribution in [0.25, 0.3) is 0 Å². The summed E-state index contributed by atoms with van der Waals surface area (Å²) in [6.07, 6.45) is 14.7. The molecule has 0 aromatic heterocycles. The Labute approximate surface area is 117 Å². The molecule has 3 fully saturated rings. The molecule has 2 saturated carbocycles. The Morgan fingerprint density at radius 2 is 1.68 bits per heavy atom. The zero-order valence-corrected chi connectivity index (χ0v) is 12.2. The lowest BCUT2D eigenvalue weighted by molar-refractivity contribution is -0.102. The molecule has 1 saturated heterocycles. The Balaban J connectivity index is 1.64. The van der Waals surface area contributed by atoms with Crippen LogP contribution in [0.5, 0.6) is 0 Å². The van der Waals surface area contributed by atoms with Gasteiger partial charge in [0.25, 0.3) is 0 Å². The van der Waals surface area contributed by atoms with E-state index in [2.05, 4.69) is 5.43 Å². The van der Waals surface area contributed by atoms with E-state index in [9.17, 15) is 0 Å². The molecule has 1 heterocycles. The Hall–Kier alpha value is -0.120. The van der Waals surface area contributed by atoms with E-state index in [0.29, 0.717) is 6.04 Å². The van der Waals surface area contributed by atoms with Gasteiger partial charge in [-0.3, -0.25) is 11.3 Å². The highest BCUT2D eigenvalue weighted by atomic mass is 16.5. The van der Waals surface area contributed by atoms with Crippen molar-refractivity contribution in [3.05, 3.63) is 0 Å². The lowest BCUT2D eigenvalue weighted by Gasteiger charge is -2.44. The predicted molar refractivity (Wildman–Crippen MR) is 77.6 cm³/mol. The fraction of sp³-hybridized carbons (Fsp3) is 1.00. The number of hydrogen-bond acceptors (Lipinski definition) is 3. The third-order valence-electron chi connectivity index (χ3n) is 5.90. The summed E-state index contributed by atoms with van der Waals surface area (Å²) in [5, 5.41) is 0. The predicted octanol–water partition coefficient (Wildman–Crippen LogP) is 3.14. The van der Waals surface area contributed by atoms with Crippen molar-refractivity contribution in [2.45, 2.75) is 82.3 Å². The highest BCUT2D eigenvalue weighted by Crippen LogP contribution is 2.44. The fourth-order valence-corrected chi connectivity index (χ4v) is 4.89. The van der Waals surface area contributed by atoms with E-state index in [4.69, 9.17) is 10.6 Å². The molecular formula is C16H30N2O. The second-order valence-corrected chi connectivity index (χ2v) is 7.08. The molecule has 1 spiro atoms. The van der Waals surface area contributed by atoms with Gasteiger partial charge in [-0.1, -0.05) is 32.1 Å². The average molecular weight is 266 g/mol. The van der Waals surface area contributed by atoms with Crippen molar-refractivity contribution in [2.24, 2.45) is 17.7 Å². The molecule has 0 bridgehead atoms. The van der Waals surface area contributed by atoms with Crippen LogP contribution in [0.2, 0.25) is 0 Å². The van der Waals surface area contributed by atoms with Crippen LogP contribution >= 0.6 is 0 Å². The first-order valence-electron chi connectivity index (χ1n) is 8.43. The highest BCUT2D eigenvalue weighted by molar-refractivity contribution is 4.95. The van der Waals surface area contributed by atoms with E-state index in [1.165, 1.54) is 70.6 Å². The highest BCUT2D eigenvalue weighted by Gasteiger charge is 2.43. The summed E-state index contributed by atoms with van der Waals surface area (Å²) in [7, 11) is 0.